The molecule has 2 heterocycles. The molecule has 4 aromatic rings. The first kappa shape index (κ1) is 28.2. The van der Waals surface area contributed by atoms with Crippen LogP contribution >= 0.6 is 0 Å². The molecule has 4 aromatic carbocycles. The van der Waals surface area contributed by atoms with Gasteiger partial charge in [0.2, 0.25) is 0 Å². The molecular weight excluding hydrogens is 532 g/mol. The summed E-state index contributed by atoms with van der Waals surface area (Å²) in [5, 5.41) is 0. The van der Waals surface area contributed by atoms with Crippen LogP contribution in [0.4, 0.5) is 0 Å². The van der Waals surface area contributed by atoms with Crippen molar-refractivity contribution in [2.24, 2.45) is 0 Å². The highest BCUT2D eigenvalue weighted by atomic mass is 16.6. The first-order valence-electron chi connectivity index (χ1n) is 15.5. The molecule has 0 aromatic heterocycles. The van der Waals surface area contributed by atoms with Crippen LogP contribution in [0, 0.1) is 0 Å². The Bertz CT molecular complexity index is 1540. The lowest BCUT2D eigenvalue weighted by atomic mass is 9.66. The van der Waals surface area contributed by atoms with E-state index in [2.05, 4.69) is 126 Å². The second-order valence-corrected chi connectivity index (χ2v) is 14.3. The molecule has 222 valence electrons. The van der Waals surface area contributed by atoms with E-state index in [0.717, 1.165) is 24.7 Å². The van der Waals surface area contributed by atoms with Crippen LogP contribution in [0.2, 0.25) is 0 Å². The highest BCUT2D eigenvalue weighted by Crippen LogP contribution is 2.57. The number of rotatable bonds is 8. The van der Waals surface area contributed by atoms with Gasteiger partial charge in [0.1, 0.15) is 36.9 Å². The van der Waals surface area contributed by atoms with Crippen LogP contribution in [0.25, 0.3) is 11.1 Å². The molecule has 0 radical (unpaired) electrons. The van der Waals surface area contributed by atoms with Gasteiger partial charge in [-0.05, 0) is 79.6 Å². The van der Waals surface area contributed by atoms with E-state index in [1.165, 1.54) is 44.5 Å². The Morgan fingerprint density at radius 1 is 0.605 bits per heavy atom. The molecule has 3 aliphatic rings. The van der Waals surface area contributed by atoms with Crippen LogP contribution in [-0.2, 0) is 25.7 Å². The van der Waals surface area contributed by atoms with Crippen LogP contribution in [0.5, 0.6) is 11.5 Å². The van der Waals surface area contributed by atoms with Crippen LogP contribution in [0.3, 0.4) is 0 Å². The molecule has 0 saturated carbocycles. The summed E-state index contributed by atoms with van der Waals surface area (Å²) in [5.41, 5.74) is 9.31. The molecule has 2 fully saturated rings. The van der Waals surface area contributed by atoms with E-state index in [4.69, 9.17) is 18.9 Å². The third kappa shape index (κ3) is 5.05. The lowest BCUT2D eigenvalue weighted by Gasteiger charge is -2.36. The van der Waals surface area contributed by atoms with Gasteiger partial charge in [-0.1, -0.05) is 102 Å². The highest BCUT2D eigenvalue weighted by molar-refractivity contribution is 5.86. The van der Waals surface area contributed by atoms with Crippen molar-refractivity contribution in [3.63, 3.8) is 0 Å². The number of hydrogen-bond acceptors (Lipinski definition) is 4. The van der Waals surface area contributed by atoms with Crippen LogP contribution in [-0.4, -0.2) is 38.6 Å². The van der Waals surface area contributed by atoms with E-state index in [1.807, 2.05) is 0 Å². The van der Waals surface area contributed by atoms with Crippen LogP contribution in [0.15, 0.2) is 84.9 Å². The monoisotopic (exact) mass is 574 g/mol. The first-order chi connectivity index (χ1) is 20.6. The van der Waals surface area contributed by atoms with Gasteiger partial charge in [0.05, 0.1) is 18.6 Å². The highest BCUT2D eigenvalue weighted by Gasteiger charge is 2.47. The zero-order valence-electron chi connectivity index (χ0n) is 26.2. The Morgan fingerprint density at radius 3 is 1.37 bits per heavy atom. The molecule has 4 heteroatoms. The molecule has 4 nitrogen and oxygen atoms in total. The maximum atomic E-state index is 6.36. The van der Waals surface area contributed by atoms with E-state index in [1.54, 1.807) is 0 Å². The Balaban J connectivity index is 1.48. The van der Waals surface area contributed by atoms with Crippen LogP contribution < -0.4 is 9.47 Å². The molecule has 7 rings (SSSR count). The number of benzene rings is 4. The summed E-state index contributed by atoms with van der Waals surface area (Å²) in [7, 11) is 0. The lowest BCUT2D eigenvalue weighted by molar-refractivity contribution is 0.258. The summed E-state index contributed by atoms with van der Waals surface area (Å²) in [5.74, 6) is 1.87. The Kier molecular flexibility index (Phi) is 6.72. The molecule has 0 spiro atoms. The molecule has 43 heavy (non-hydrogen) atoms. The minimum Gasteiger partial charge on any atom is -0.490 e. The zero-order valence-corrected chi connectivity index (χ0v) is 26.2. The standard InChI is InChI=1S/C39H42O4/c1-37(2,3)33-19-25(15-17-35(33)42-23-27-21-40-27)39(31-13-9-7-11-29(31)30-12-8-10-14-32(30)39)26-16-18-36(43-24-28-22-41-28)34(20-26)38(4,5)6/h7-20,27-28H,21-24H2,1-6H3. The summed E-state index contributed by atoms with van der Waals surface area (Å²) in [6.07, 6.45) is 0.408. The van der Waals surface area contributed by atoms with Crippen molar-refractivity contribution in [3.05, 3.63) is 118 Å². The maximum absolute atomic E-state index is 6.36. The SMILES string of the molecule is CC(C)(C)c1cc(C2(c3ccc(OCC4CO4)c(C(C)(C)C)c3)c3ccccc3-c3ccccc32)ccc1OCC1CO1. The molecule has 0 amide bonds. The number of fused-ring (bicyclic) bond motifs is 3. The van der Waals surface area contributed by atoms with Gasteiger partial charge in [-0.25, -0.2) is 0 Å². The van der Waals surface area contributed by atoms with Crippen molar-refractivity contribution in [1.29, 1.82) is 0 Å². The predicted octanol–water partition coefficient (Wildman–Crippen LogP) is 8.20. The van der Waals surface area contributed by atoms with Crippen molar-refractivity contribution < 1.29 is 18.9 Å². The zero-order chi connectivity index (χ0) is 30.0. The normalized spacial score (nSPS) is 19.9. The van der Waals surface area contributed by atoms with Gasteiger partial charge in [-0.2, -0.15) is 0 Å². The Hall–Kier alpha value is -3.60. The average molecular weight is 575 g/mol. The molecule has 2 aliphatic heterocycles. The third-order valence-electron chi connectivity index (χ3n) is 9.05. The average Bonchev–Trinajstić information content (AvgIpc) is 3.92. The summed E-state index contributed by atoms with van der Waals surface area (Å²) in [6, 6.07) is 31.5. The summed E-state index contributed by atoms with van der Waals surface area (Å²) < 4.78 is 23.6. The summed E-state index contributed by atoms with van der Waals surface area (Å²) in [4.78, 5) is 0. The Labute approximate surface area is 256 Å². The number of ether oxygens (including phenoxy) is 4. The molecule has 2 atom stereocenters. The van der Waals surface area contributed by atoms with E-state index >= 15 is 0 Å². The molecule has 2 unspecified atom stereocenters. The van der Waals surface area contributed by atoms with Crippen molar-refractivity contribution >= 4 is 0 Å². The summed E-state index contributed by atoms with van der Waals surface area (Å²) in [6.45, 7) is 16.3. The minimum atomic E-state index is -0.510. The smallest absolute Gasteiger partial charge is 0.123 e. The summed E-state index contributed by atoms with van der Waals surface area (Å²) >= 11 is 0. The topological polar surface area (TPSA) is 43.5 Å². The van der Waals surface area contributed by atoms with E-state index in [-0.39, 0.29) is 23.0 Å². The molecule has 0 bridgehead atoms. The number of epoxide rings is 2. The Morgan fingerprint density at radius 2 is 1.00 bits per heavy atom. The molecular formula is C39H42O4. The molecule has 0 N–H and O–H groups in total. The number of hydrogen-bond donors (Lipinski definition) is 0. The van der Waals surface area contributed by atoms with Crippen molar-refractivity contribution in [2.45, 2.75) is 70.0 Å². The van der Waals surface area contributed by atoms with Gasteiger partial charge >= 0.3 is 0 Å². The predicted molar refractivity (Wildman–Crippen MR) is 172 cm³/mol. The van der Waals surface area contributed by atoms with Crippen molar-refractivity contribution in [3.8, 4) is 22.6 Å². The largest absolute Gasteiger partial charge is 0.490 e. The van der Waals surface area contributed by atoms with Gasteiger partial charge < -0.3 is 18.9 Å². The quantitative estimate of drug-likeness (QED) is 0.175. The molecule has 1 aliphatic carbocycles. The second kappa shape index (κ2) is 10.2. The minimum absolute atomic E-state index is 0.117. The van der Waals surface area contributed by atoms with E-state index in [9.17, 15) is 0 Å². The van der Waals surface area contributed by atoms with Gasteiger partial charge in [0, 0.05) is 0 Å². The fourth-order valence-corrected chi connectivity index (χ4v) is 6.67. The van der Waals surface area contributed by atoms with Gasteiger partial charge in [-0.3, -0.25) is 0 Å². The third-order valence-corrected chi connectivity index (χ3v) is 9.05. The van der Waals surface area contributed by atoms with Crippen molar-refractivity contribution in [1.82, 2.24) is 0 Å². The first-order valence-corrected chi connectivity index (χ1v) is 15.5. The van der Waals surface area contributed by atoms with Crippen molar-refractivity contribution in [2.75, 3.05) is 26.4 Å². The van der Waals surface area contributed by atoms with Gasteiger partial charge in [0.15, 0.2) is 0 Å². The fourth-order valence-electron chi connectivity index (χ4n) is 6.67. The van der Waals surface area contributed by atoms with Gasteiger partial charge in [0.25, 0.3) is 0 Å². The van der Waals surface area contributed by atoms with E-state index < -0.39 is 5.41 Å². The van der Waals surface area contributed by atoms with Gasteiger partial charge in [-0.15, -0.1) is 0 Å². The fraction of sp³-hybridized carbons (Fsp3) is 0.385. The molecule has 2 saturated heterocycles. The lowest BCUT2D eigenvalue weighted by Crippen LogP contribution is -2.30. The maximum Gasteiger partial charge on any atom is 0.123 e. The van der Waals surface area contributed by atoms with E-state index in [0.29, 0.717) is 13.2 Å². The van der Waals surface area contributed by atoms with Crippen LogP contribution in [0.1, 0.15) is 74.9 Å². The second-order valence-electron chi connectivity index (χ2n) is 14.3.